The highest BCUT2D eigenvalue weighted by molar-refractivity contribution is 6.00. The summed E-state index contributed by atoms with van der Waals surface area (Å²) in [4.78, 5) is 11.3. The predicted molar refractivity (Wildman–Crippen MR) is 65.4 cm³/mol. The van der Waals surface area contributed by atoms with E-state index in [0.29, 0.717) is 11.1 Å². The molecule has 5 heteroatoms. The zero-order valence-corrected chi connectivity index (χ0v) is 9.74. The summed E-state index contributed by atoms with van der Waals surface area (Å²) in [5.41, 5.74) is 5.17. The van der Waals surface area contributed by atoms with E-state index in [1.54, 1.807) is 30.3 Å². The standard InChI is InChI=1S/C14H10F3NO/c15-14(16,17)10-6-7-11(12(8-10)13(18)19)9-4-2-1-3-5-9/h1-8H,(H2,18,19). The number of primary amides is 1. The lowest BCUT2D eigenvalue weighted by Crippen LogP contribution is -2.15. The number of alkyl halides is 3. The summed E-state index contributed by atoms with van der Waals surface area (Å²) >= 11 is 0. The minimum absolute atomic E-state index is 0.138. The van der Waals surface area contributed by atoms with Crippen molar-refractivity contribution in [3.8, 4) is 11.1 Å². The quantitative estimate of drug-likeness (QED) is 0.887. The third kappa shape index (κ3) is 2.76. The number of rotatable bonds is 2. The van der Waals surface area contributed by atoms with Crippen molar-refractivity contribution in [2.75, 3.05) is 0 Å². The van der Waals surface area contributed by atoms with Crippen LogP contribution in [0.3, 0.4) is 0 Å². The Hall–Kier alpha value is -2.30. The van der Waals surface area contributed by atoms with Crippen molar-refractivity contribution in [1.29, 1.82) is 0 Å². The van der Waals surface area contributed by atoms with Crippen molar-refractivity contribution >= 4 is 5.91 Å². The average molecular weight is 265 g/mol. The van der Waals surface area contributed by atoms with Crippen molar-refractivity contribution in [3.05, 3.63) is 59.7 Å². The van der Waals surface area contributed by atoms with Crippen LogP contribution in [0, 0.1) is 0 Å². The van der Waals surface area contributed by atoms with E-state index in [-0.39, 0.29) is 5.56 Å². The van der Waals surface area contributed by atoms with Crippen LogP contribution in [-0.2, 0) is 6.18 Å². The molecule has 0 fully saturated rings. The second-order valence-electron chi connectivity index (χ2n) is 3.99. The molecule has 0 aliphatic rings. The molecule has 2 rings (SSSR count). The zero-order chi connectivity index (χ0) is 14.0. The third-order valence-corrected chi connectivity index (χ3v) is 2.70. The molecule has 19 heavy (non-hydrogen) atoms. The Kier molecular flexibility index (Phi) is 3.29. The molecule has 2 aromatic rings. The van der Waals surface area contributed by atoms with Gasteiger partial charge in [-0.1, -0.05) is 36.4 Å². The first-order valence-electron chi connectivity index (χ1n) is 5.46. The number of carbonyl (C=O) groups is 1. The van der Waals surface area contributed by atoms with Crippen LogP contribution in [0.25, 0.3) is 11.1 Å². The third-order valence-electron chi connectivity index (χ3n) is 2.70. The van der Waals surface area contributed by atoms with Gasteiger partial charge in [0.15, 0.2) is 0 Å². The van der Waals surface area contributed by atoms with Gasteiger partial charge in [0.05, 0.1) is 5.56 Å². The number of hydrogen-bond acceptors (Lipinski definition) is 1. The topological polar surface area (TPSA) is 43.1 Å². The van der Waals surface area contributed by atoms with Gasteiger partial charge in [0.1, 0.15) is 0 Å². The first kappa shape index (κ1) is 13.1. The maximum atomic E-state index is 12.6. The maximum Gasteiger partial charge on any atom is 0.416 e. The first-order valence-corrected chi connectivity index (χ1v) is 5.46. The smallest absolute Gasteiger partial charge is 0.366 e. The lowest BCUT2D eigenvalue weighted by Gasteiger charge is -2.11. The Morgan fingerprint density at radius 2 is 1.63 bits per heavy atom. The molecule has 0 radical (unpaired) electrons. The minimum Gasteiger partial charge on any atom is -0.366 e. The fourth-order valence-corrected chi connectivity index (χ4v) is 1.79. The molecule has 1 amide bonds. The summed E-state index contributed by atoms with van der Waals surface area (Å²) in [6.45, 7) is 0. The Morgan fingerprint density at radius 1 is 1.00 bits per heavy atom. The SMILES string of the molecule is NC(=O)c1cc(C(F)(F)F)ccc1-c1ccccc1. The van der Waals surface area contributed by atoms with Gasteiger partial charge in [-0.3, -0.25) is 4.79 Å². The van der Waals surface area contributed by atoms with E-state index >= 15 is 0 Å². The maximum absolute atomic E-state index is 12.6. The van der Waals surface area contributed by atoms with Crippen LogP contribution in [0.15, 0.2) is 48.5 Å². The van der Waals surface area contributed by atoms with Crippen molar-refractivity contribution in [3.63, 3.8) is 0 Å². The largest absolute Gasteiger partial charge is 0.416 e. The van der Waals surface area contributed by atoms with Crippen LogP contribution in [0.5, 0.6) is 0 Å². The second-order valence-corrected chi connectivity index (χ2v) is 3.99. The molecular formula is C14H10F3NO. The molecule has 0 bridgehead atoms. The fourth-order valence-electron chi connectivity index (χ4n) is 1.79. The summed E-state index contributed by atoms with van der Waals surface area (Å²) in [5.74, 6) is -0.884. The lowest BCUT2D eigenvalue weighted by atomic mass is 9.97. The van der Waals surface area contributed by atoms with Crippen molar-refractivity contribution in [1.82, 2.24) is 0 Å². The van der Waals surface area contributed by atoms with Gasteiger partial charge in [0, 0.05) is 5.56 Å². The molecule has 2 nitrogen and oxygen atoms in total. The van der Waals surface area contributed by atoms with Crippen LogP contribution >= 0.6 is 0 Å². The molecule has 0 aliphatic heterocycles. The fraction of sp³-hybridized carbons (Fsp3) is 0.0714. The minimum atomic E-state index is -4.50. The monoisotopic (exact) mass is 265 g/mol. The van der Waals surface area contributed by atoms with Gasteiger partial charge in [-0.2, -0.15) is 13.2 Å². The van der Waals surface area contributed by atoms with Gasteiger partial charge in [-0.05, 0) is 23.3 Å². The predicted octanol–water partition coefficient (Wildman–Crippen LogP) is 3.47. The molecular weight excluding hydrogens is 255 g/mol. The van der Waals surface area contributed by atoms with E-state index in [1.807, 2.05) is 0 Å². The number of nitrogens with two attached hydrogens (primary N) is 1. The average Bonchev–Trinajstić information content (AvgIpc) is 2.38. The van der Waals surface area contributed by atoms with E-state index in [1.165, 1.54) is 6.07 Å². The number of carbonyl (C=O) groups excluding carboxylic acids is 1. The van der Waals surface area contributed by atoms with Gasteiger partial charge >= 0.3 is 6.18 Å². The van der Waals surface area contributed by atoms with Crippen molar-refractivity contribution < 1.29 is 18.0 Å². The van der Waals surface area contributed by atoms with Crippen molar-refractivity contribution in [2.45, 2.75) is 6.18 Å². The highest BCUT2D eigenvalue weighted by Gasteiger charge is 2.31. The molecule has 0 heterocycles. The summed E-state index contributed by atoms with van der Waals surface area (Å²) < 4.78 is 37.8. The molecule has 2 N–H and O–H groups in total. The van der Waals surface area contributed by atoms with Crippen LogP contribution in [0.1, 0.15) is 15.9 Å². The molecule has 0 saturated carbocycles. The molecule has 2 aromatic carbocycles. The zero-order valence-electron chi connectivity index (χ0n) is 9.74. The number of amides is 1. The van der Waals surface area contributed by atoms with Gasteiger partial charge in [0.25, 0.3) is 0 Å². The molecule has 0 unspecified atom stereocenters. The molecule has 0 aromatic heterocycles. The number of hydrogen-bond donors (Lipinski definition) is 1. The number of benzene rings is 2. The first-order chi connectivity index (χ1) is 8.89. The Bertz CT molecular complexity index is 606. The van der Waals surface area contributed by atoms with Crippen LogP contribution in [0.4, 0.5) is 13.2 Å². The highest BCUT2D eigenvalue weighted by Crippen LogP contribution is 2.33. The van der Waals surface area contributed by atoms with Gasteiger partial charge < -0.3 is 5.73 Å². The van der Waals surface area contributed by atoms with Gasteiger partial charge in [-0.15, -0.1) is 0 Å². The van der Waals surface area contributed by atoms with E-state index in [4.69, 9.17) is 5.73 Å². The van der Waals surface area contributed by atoms with E-state index in [0.717, 1.165) is 12.1 Å². The molecule has 0 spiro atoms. The molecule has 98 valence electrons. The summed E-state index contributed by atoms with van der Waals surface area (Å²) in [6, 6.07) is 11.6. The Balaban J connectivity index is 2.61. The highest BCUT2D eigenvalue weighted by atomic mass is 19.4. The van der Waals surface area contributed by atoms with E-state index < -0.39 is 17.6 Å². The lowest BCUT2D eigenvalue weighted by molar-refractivity contribution is -0.137. The van der Waals surface area contributed by atoms with Crippen LogP contribution < -0.4 is 5.73 Å². The van der Waals surface area contributed by atoms with Crippen LogP contribution in [0.2, 0.25) is 0 Å². The Labute approximate surface area is 107 Å². The number of halogens is 3. The molecule has 0 atom stereocenters. The Morgan fingerprint density at radius 3 is 2.16 bits per heavy atom. The van der Waals surface area contributed by atoms with Gasteiger partial charge in [0.2, 0.25) is 5.91 Å². The molecule has 0 aliphatic carbocycles. The van der Waals surface area contributed by atoms with E-state index in [9.17, 15) is 18.0 Å². The second kappa shape index (κ2) is 4.76. The normalized spacial score (nSPS) is 11.3. The summed E-state index contributed by atoms with van der Waals surface area (Å²) in [5, 5.41) is 0. The summed E-state index contributed by atoms with van der Waals surface area (Å²) in [7, 11) is 0. The van der Waals surface area contributed by atoms with Gasteiger partial charge in [-0.25, -0.2) is 0 Å². The van der Waals surface area contributed by atoms with E-state index in [2.05, 4.69) is 0 Å². The van der Waals surface area contributed by atoms with Crippen molar-refractivity contribution in [2.24, 2.45) is 5.73 Å². The summed E-state index contributed by atoms with van der Waals surface area (Å²) in [6.07, 6.45) is -4.50. The molecule has 0 saturated heterocycles. The van der Waals surface area contributed by atoms with Crippen LogP contribution in [-0.4, -0.2) is 5.91 Å².